The molecule has 0 amide bonds. The zero-order valence-corrected chi connectivity index (χ0v) is 8.06. The Hall–Kier alpha value is -1.24. The quantitative estimate of drug-likeness (QED) is 0.688. The molecule has 0 atom stereocenters. The van der Waals surface area contributed by atoms with Gasteiger partial charge in [-0.2, -0.15) is 0 Å². The number of hydrogen-bond acceptors (Lipinski definition) is 1. The number of benzene rings is 1. The van der Waals surface area contributed by atoms with Gasteiger partial charge >= 0.3 is 0 Å². The zero-order valence-electron chi connectivity index (χ0n) is 8.06. The molecule has 0 radical (unpaired) electrons. The normalized spacial score (nSPS) is 14.5. The van der Waals surface area contributed by atoms with E-state index >= 15 is 0 Å². The second-order valence-electron chi connectivity index (χ2n) is 3.65. The standard InChI is InChI=1S/C12H15N/c1-9(2)11-7-3-5-10-6-4-8-13-12(10)11/h3,5,7,13H,1,4,6,8H2,2H3. The van der Waals surface area contributed by atoms with E-state index in [1.807, 2.05) is 0 Å². The molecular formula is C12H15N. The van der Waals surface area contributed by atoms with Crippen LogP contribution in [0.4, 0.5) is 5.69 Å². The van der Waals surface area contributed by atoms with Crippen LogP contribution in [-0.2, 0) is 6.42 Å². The third kappa shape index (κ3) is 1.46. The van der Waals surface area contributed by atoms with Gasteiger partial charge in [0.25, 0.3) is 0 Å². The monoisotopic (exact) mass is 173 g/mol. The first-order valence-corrected chi connectivity index (χ1v) is 4.80. The fourth-order valence-corrected chi connectivity index (χ4v) is 1.87. The third-order valence-electron chi connectivity index (χ3n) is 2.54. The molecule has 0 fully saturated rings. The summed E-state index contributed by atoms with van der Waals surface area (Å²) >= 11 is 0. The van der Waals surface area contributed by atoms with Crippen molar-refractivity contribution >= 4 is 11.3 Å². The number of nitrogens with one attached hydrogen (secondary N) is 1. The molecule has 0 saturated carbocycles. The van der Waals surface area contributed by atoms with Crippen LogP contribution in [0.5, 0.6) is 0 Å². The number of hydrogen-bond donors (Lipinski definition) is 1. The van der Waals surface area contributed by atoms with E-state index < -0.39 is 0 Å². The van der Waals surface area contributed by atoms with Gasteiger partial charge in [-0.25, -0.2) is 0 Å². The average Bonchev–Trinajstić information content (AvgIpc) is 2.17. The van der Waals surface area contributed by atoms with Crippen LogP contribution in [0.3, 0.4) is 0 Å². The number of allylic oxidation sites excluding steroid dienone is 1. The predicted octanol–water partition coefficient (Wildman–Crippen LogP) is 3.08. The maximum Gasteiger partial charge on any atom is 0.0448 e. The van der Waals surface area contributed by atoms with Gasteiger partial charge in [0.2, 0.25) is 0 Å². The molecule has 0 spiro atoms. The Morgan fingerprint density at radius 2 is 2.31 bits per heavy atom. The second kappa shape index (κ2) is 3.25. The fraction of sp³-hybridized carbons (Fsp3) is 0.333. The van der Waals surface area contributed by atoms with E-state index in [4.69, 9.17) is 0 Å². The summed E-state index contributed by atoms with van der Waals surface area (Å²) in [5.74, 6) is 0. The van der Waals surface area contributed by atoms with Crippen LogP contribution < -0.4 is 5.32 Å². The van der Waals surface area contributed by atoms with Crippen molar-refractivity contribution in [1.82, 2.24) is 0 Å². The predicted molar refractivity (Wildman–Crippen MR) is 58.0 cm³/mol. The van der Waals surface area contributed by atoms with E-state index in [-0.39, 0.29) is 0 Å². The SMILES string of the molecule is C=C(C)c1cccc2c1NCCC2. The molecule has 2 rings (SSSR count). The lowest BCUT2D eigenvalue weighted by molar-refractivity contribution is 0.829. The lowest BCUT2D eigenvalue weighted by Crippen LogP contribution is -2.13. The van der Waals surface area contributed by atoms with Gasteiger partial charge in [0.1, 0.15) is 0 Å². The van der Waals surface area contributed by atoms with Gasteiger partial charge in [0.05, 0.1) is 0 Å². The van der Waals surface area contributed by atoms with Crippen molar-refractivity contribution in [3.8, 4) is 0 Å². The summed E-state index contributed by atoms with van der Waals surface area (Å²) in [5, 5.41) is 3.45. The molecule has 0 bridgehead atoms. The van der Waals surface area contributed by atoms with Crippen LogP contribution in [0.1, 0.15) is 24.5 Å². The van der Waals surface area contributed by atoms with E-state index in [2.05, 4.69) is 37.0 Å². The van der Waals surface area contributed by atoms with Gasteiger partial charge in [-0.15, -0.1) is 0 Å². The van der Waals surface area contributed by atoms with E-state index in [1.54, 1.807) is 0 Å². The molecule has 1 aliphatic heterocycles. The molecule has 0 aliphatic carbocycles. The molecule has 1 N–H and O–H groups in total. The van der Waals surface area contributed by atoms with Crippen LogP contribution in [0.2, 0.25) is 0 Å². The number of aryl methyl sites for hydroxylation is 1. The Bertz CT molecular complexity index is 339. The highest BCUT2D eigenvalue weighted by Gasteiger charge is 2.11. The summed E-state index contributed by atoms with van der Waals surface area (Å²) in [6.07, 6.45) is 2.44. The molecule has 0 saturated heterocycles. The minimum atomic E-state index is 1.09. The Balaban J connectivity index is 2.52. The lowest BCUT2D eigenvalue weighted by Gasteiger charge is -2.21. The van der Waals surface area contributed by atoms with Crippen molar-refractivity contribution in [3.05, 3.63) is 35.9 Å². The Kier molecular flexibility index (Phi) is 2.09. The Morgan fingerprint density at radius 3 is 3.08 bits per heavy atom. The van der Waals surface area contributed by atoms with Crippen molar-refractivity contribution in [1.29, 1.82) is 0 Å². The molecule has 1 heterocycles. The minimum absolute atomic E-state index is 1.09. The topological polar surface area (TPSA) is 12.0 Å². The van der Waals surface area contributed by atoms with E-state index in [1.165, 1.54) is 29.7 Å². The largest absolute Gasteiger partial charge is 0.384 e. The van der Waals surface area contributed by atoms with Crippen LogP contribution in [-0.4, -0.2) is 6.54 Å². The second-order valence-corrected chi connectivity index (χ2v) is 3.65. The molecule has 13 heavy (non-hydrogen) atoms. The average molecular weight is 173 g/mol. The van der Waals surface area contributed by atoms with Gasteiger partial charge in [-0.05, 0) is 30.9 Å². The van der Waals surface area contributed by atoms with Crippen molar-refractivity contribution in [3.63, 3.8) is 0 Å². The molecule has 68 valence electrons. The van der Waals surface area contributed by atoms with Crippen LogP contribution in [0.15, 0.2) is 24.8 Å². The molecule has 0 aromatic heterocycles. The van der Waals surface area contributed by atoms with Gasteiger partial charge in [-0.3, -0.25) is 0 Å². The minimum Gasteiger partial charge on any atom is -0.384 e. The van der Waals surface area contributed by atoms with Crippen molar-refractivity contribution in [2.24, 2.45) is 0 Å². The Morgan fingerprint density at radius 1 is 1.46 bits per heavy atom. The maximum atomic E-state index is 3.99. The summed E-state index contributed by atoms with van der Waals surface area (Å²) in [6, 6.07) is 6.46. The van der Waals surface area contributed by atoms with Gasteiger partial charge in [0.15, 0.2) is 0 Å². The summed E-state index contributed by atoms with van der Waals surface area (Å²) < 4.78 is 0. The number of rotatable bonds is 1. The van der Waals surface area contributed by atoms with Crippen molar-refractivity contribution in [2.75, 3.05) is 11.9 Å². The van der Waals surface area contributed by atoms with Gasteiger partial charge in [-0.1, -0.05) is 24.8 Å². The number of para-hydroxylation sites is 1. The van der Waals surface area contributed by atoms with E-state index in [9.17, 15) is 0 Å². The van der Waals surface area contributed by atoms with Gasteiger partial charge < -0.3 is 5.32 Å². The van der Waals surface area contributed by atoms with Crippen LogP contribution in [0.25, 0.3) is 5.57 Å². The first kappa shape index (κ1) is 8.36. The maximum absolute atomic E-state index is 3.99. The molecule has 1 aliphatic rings. The summed E-state index contributed by atoms with van der Waals surface area (Å²) in [7, 11) is 0. The van der Waals surface area contributed by atoms with E-state index in [0.717, 1.165) is 12.1 Å². The summed E-state index contributed by atoms with van der Waals surface area (Å²) in [4.78, 5) is 0. The summed E-state index contributed by atoms with van der Waals surface area (Å²) in [5.41, 5.74) is 5.16. The highest BCUT2D eigenvalue weighted by atomic mass is 14.9. The molecule has 1 aromatic carbocycles. The first-order valence-electron chi connectivity index (χ1n) is 4.80. The Labute approximate surface area is 79.5 Å². The highest BCUT2D eigenvalue weighted by Crippen LogP contribution is 2.29. The van der Waals surface area contributed by atoms with Crippen LogP contribution >= 0.6 is 0 Å². The van der Waals surface area contributed by atoms with E-state index in [0.29, 0.717) is 0 Å². The molecule has 0 unspecified atom stereocenters. The zero-order chi connectivity index (χ0) is 9.26. The van der Waals surface area contributed by atoms with Crippen LogP contribution in [0, 0.1) is 0 Å². The lowest BCUT2D eigenvalue weighted by atomic mass is 9.96. The molecule has 1 aromatic rings. The van der Waals surface area contributed by atoms with Crippen molar-refractivity contribution in [2.45, 2.75) is 19.8 Å². The van der Waals surface area contributed by atoms with Crippen molar-refractivity contribution < 1.29 is 0 Å². The highest BCUT2D eigenvalue weighted by molar-refractivity contribution is 5.76. The number of fused-ring (bicyclic) bond motifs is 1. The van der Waals surface area contributed by atoms with Gasteiger partial charge in [0, 0.05) is 17.8 Å². The fourth-order valence-electron chi connectivity index (χ4n) is 1.87. The third-order valence-corrected chi connectivity index (χ3v) is 2.54. The number of anilines is 1. The molecular weight excluding hydrogens is 158 g/mol. The molecule has 1 heteroatoms. The molecule has 1 nitrogen and oxygen atoms in total. The summed E-state index contributed by atoms with van der Waals surface area (Å²) in [6.45, 7) is 7.15. The first-order chi connectivity index (χ1) is 6.29. The smallest absolute Gasteiger partial charge is 0.0448 e.